The van der Waals surface area contributed by atoms with Crippen molar-refractivity contribution in [1.82, 2.24) is 48.2 Å². The SMILES string of the molecule is CC1(C)c2ccccc2-n2c3c1cccc3c1ccc3c(c4ccccc4n3-c3nc(-c4ccccc4)nc(-c4ccccc4)n3)c12.c1ccc(-c2nc(-c3ccccc3)nc(-n3c4ccccc4c4c3ccc3c5cccc6c5n(c34)-c3ccccc3C6(c3ccccc3)c3ccccc3)n2)cc1. The number of fused-ring (bicyclic) bond motifs is 18. The monoisotopic (exact) mass is 1330 g/mol. The fraction of sp³-hybridized carbons (Fsp3) is 0.0426. The van der Waals surface area contributed by atoms with Crippen LogP contribution in [0.5, 0.6) is 0 Å². The van der Waals surface area contributed by atoms with E-state index in [1.807, 2.05) is 72.8 Å². The lowest BCUT2D eigenvalue weighted by Crippen LogP contribution is -2.35. The molecular weight excluding hydrogens is 1270 g/mol. The molecule has 0 saturated carbocycles. The van der Waals surface area contributed by atoms with Crippen molar-refractivity contribution in [3.63, 3.8) is 0 Å². The number of hydrogen-bond acceptors (Lipinski definition) is 6. The van der Waals surface area contributed by atoms with Crippen LogP contribution in [0, 0.1) is 0 Å². The van der Waals surface area contributed by atoms with E-state index in [1.165, 1.54) is 99.1 Å². The number of rotatable bonds is 8. The van der Waals surface area contributed by atoms with Crippen molar-refractivity contribution in [1.29, 1.82) is 0 Å². The average Bonchev–Trinajstić information content (AvgIpc) is 1.44. The molecule has 10 heteroatoms. The van der Waals surface area contributed by atoms with Crippen LogP contribution in [0.15, 0.2) is 340 Å². The van der Waals surface area contributed by atoms with Crippen LogP contribution in [0.2, 0.25) is 0 Å². The minimum absolute atomic E-state index is 0.125. The quantitative estimate of drug-likeness (QED) is 0.150. The van der Waals surface area contributed by atoms with Crippen molar-refractivity contribution in [2.75, 3.05) is 0 Å². The minimum atomic E-state index is -0.539. The van der Waals surface area contributed by atoms with Gasteiger partial charge in [0.05, 0.1) is 60.9 Å². The number of hydrogen-bond donors (Lipinski definition) is 0. The maximum absolute atomic E-state index is 5.22. The molecule has 488 valence electrons. The van der Waals surface area contributed by atoms with E-state index in [0.717, 1.165) is 55.1 Å². The summed E-state index contributed by atoms with van der Waals surface area (Å²) in [6.07, 6.45) is 0. The highest BCUT2D eigenvalue weighted by Crippen LogP contribution is 2.56. The first-order valence-electron chi connectivity index (χ1n) is 35.4. The van der Waals surface area contributed by atoms with Gasteiger partial charge in [0.2, 0.25) is 11.9 Å². The van der Waals surface area contributed by atoms with Gasteiger partial charge >= 0.3 is 0 Å². The molecule has 8 heterocycles. The number of aromatic nitrogens is 10. The van der Waals surface area contributed by atoms with E-state index in [2.05, 4.69) is 299 Å². The number of nitrogens with zero attached hydrogens (tertiary/aromatic N) is 10. The Hall–Kier alpha value is -13.7. The first-order chi connectivity index (χ1) is 51.4. The summed E-state index contributed by atoms with van der Waals surface area (Å²) in [4.78, 5) is 30.7. The van der Waals surface area contributed by atoms with E-state index >= 15 is 0 Å². The van der Waals surface area contributed by atoms with Crippen LogP contribution in [0.3, 0.4) is 0 Å². The van der Waals surface area contributed by atoms with Gasteiger partial charge in [-0.15, -0.1) is 0 Å². The molecule has 20 aromatic rings. The molecule has 0 amide bonds. The molecule has 2 aliphatic rings. The van der Waals surface area contributed by atoms with Crippen LogP contribution in [-0.4, -0.2) is 48.2 Å². The molecule has 10 nitrogen and oxygen atoms in total. The fourth-order valence-electron chi connectivity index (χ4n) is 17.4. The van der Waals surface area contributed by atoms with Gasteiger partial charge in [0.1, 0.15) is 0 Å². The van der Waals surface area contributed by atoms with Crippen LogP contribution in [-0.2, 0) is 10.8 Å². The van der Waals surface area contributed by atoms with Gasteiger partial charge in [0.15, 0.2) is 23.3 Å². The zero-order valence-corrected chi connectivity index (χ0v) is 56.8. The van der Waals surface area contributed by atoms with Gasteiger partial charge in [0.25, 0.3) is 0 Å². The second-order valence-electron chi connectivity index (χ2n) is 27.7. The normalized spacial score (nSPS) is 13.2. The molecule has 104 heavy (non-hydrogen) atoms. The molecule has 0 atom stereocenters. The van der Waals surface area contributed by atoms with Gasteiger partial charge < -0.3 is 9.13 Å². The fourth-order valence-corrected chi connectivity index (χ4v) is 17.4. The van der Waals surface area contributed by atoms with E-state index < -0.39 is 5.41 Å². The average molecular weight is 1330 g/mol. The predicted molar refractivity (Wildman–Crippen MR) is 423 cm³/mol. The lowest BCUT2D eigenvalue weighted by molar-refractivity contribution is 0.630. The summed E-state index contributed by atoms with van der Waals surface area (Å²) >= 11 is 0. The summed E-state index contributed by atoms with van der Waals surface area (Å²) in [5.74, 6) is 3.73. The van der Waals surface area contributed by atoms with Gasteiger partial charge in [-0.3, -0.25) is 9.13 Å². The largest absolute Gasteiger partial charge is 0.308 e. The lowest BCUT2D eigenvalue weighted by atomic mass is 9.63. The van der Waals surface area contributed by atoms with Crippen molar-refractivity contribution in [2.45, 2.75) is 24.7 Å². The zero-order valence-electron chi connectivity index (χ0n) is 56.8. The van der Waals surface area contributed by atoms with Crippen molar-refractivity contribution >= 4 is 87.2 Å². The highest BCUT2D eigenvalue weighted by molar-refractivity contribution is 6.28. The molecule has 0 aliphatic carbocycles. The Labute approximate surface area is 598 Å². The van der Waals surface area contributed by atoms with Crippen molar-refractivity contribution < 1.29 is 0 Å². The van der Waals surface area contributed by atoms with Crippen molar-refractivity contribution in [3.05, 3.63) is 373 Å². The predicted octanol–water partition coefficient (Wildman–Crippen LogP) is 22.1. The first-order valence-corrected chi connectivity index (χ1v) is 35.4. The van der Waals surface area contributed by atoms with Crippen LogP contribution in [0.1, 0.15) is 47.2 Å². The molecular formula is C94H62N10. The molecule has 22 rings (SSSR count). The summed E-state index contributed by atoms with van der Waals surface area (Å²) in [7, 11) is 0. The van der Waals surface area contributed by atoms with E-state index in [-0.39, 0.29) is 5.41 Å². The van der Waals surface area contributed by atoms with Crippen LogP contribution in [0.4, 0.5) is 0 Å². The molecule has 2 aliphatic heterocycles. The van der Waals surface area contributed by atoms with E-state index in [0.29, 0.717) is 35.2 Å². The first kappa shape index (κ1) is 59.2. The van der Waals surface area contributed by atoms with E-state index in [9.17, 15) is 0 Å². The molecule has 0 fully saturated rings. The van der Waals surface area contributed by atoms with Crippen LogP contribution < -0.4 is 0 Å². The summed E-state index contributed by atoms with van der Waals surface area (Å²) in [6.45, 7) is 4.69. The second-order valence-corrected chi connectivity index (χ2v) is 27.7. The maximum Gasteiger partial charge on any atom is 0.238 e. The Kier molecular flexibility index (Phi) is 13.0. The van der Waals surface area contributed by atoms with Gasteiger partial charge in [0, 0.05) is 70.8 Å². The lowest BCUT2D eigenvalue weighted by Gasteiger charge is -2.41. The Bertz CT molecular complexity index is 6700. The highest BCUT2D eigenvalue weighted by Gasteiger charge is 2.46. The van der Waals surface area contributed by atoms with Gasteiger partial charge in [-0.05, 0) is 69.8 Å². The Morgan fingerprint density at radius 1 is 0.221 bits per heavy atom. The van der Waals surface area contributed by atoms with Gasteiger partial charge in [-0.25, -0.2) is 9.97 Å². The summed E-state index contributed by atoms with van der Waals surface area (Å²) in [5.41, 5.74) is 22.3. The number of para-hydroxylation sites is 6. The van der Waals surface area contributed by atoms with Crippen molar-refractivity contribution in [3.8, 4) is 68.8 Å². The maximum atomic E-state index is 5.22. The molecule has 14 aromatic carbocycles. The Balaban J connectivity index is 0.000000137. The molecule has 0 saturated heterocycles. The minimum Gasteiger partial charge on any atom is -0.308 e. The molecule has 0 radical (unpaired) electrons. The van der Waals surface area contributed by atoms with Crippen LogP contribution in [0.25, 0.3) is 156 Å². The molecule has 0 bridgehead atoms. The summed E-state index contributed by atoms with van der Waals surface area (Å²) < 4.78 is 9.49. The molecule has 0 spiro atoms. The smallest absolute Gasteiger partial charge is 0.238 e. The third kappa shape index (κ3) is 8.57. The molecule has 0 unspecified atom stereocenters. The third-order valence-corrected chi connectivity index (χ3v) is 21.8. The second kappa shape index (κ2) is 22.9. The van der Waals surface area contributed by atoms with E-state index in [4.69, 9.17) is 29.9 Å². The van der Waals surface area contributed by atoms with E-state index in [1.54, 1.807) is 0 Å². The Morgan fingerprint density at radius 3 is 0.971 bits per heavy atom. The summed E-state index contributed by atoms with van der Waals surface area (Å²) in [6, 6.07) is 121. The zero-order chi connectivity index (χ0) is 68.8. The summed E-state index contributed by atoms with van der Waals surface area (Å²) in [5, 5.41) is 9.62. The van der Waals surface area contributed by atoms with Gasteiger partial charge in [-0.2, -0.15) is 19.9 Å². The highest BCUT2D eigenvalue weighted by atomic mass is 15.2. The van der Waals surface area contributed by atoms with Gasteiger partial charge in [-0.1, -0.05) is 317 Å². The standard InChI is InChI=1S/C52H33N5.C42H29N5/c1-5-18-34(19-6-1)49-53-50(35-20-7-2-8-21-35)55-51(54-49)56-43-30-15-13-26-40(43)46-45(56)33-32-39-38-27-17-29-42-47(38)57(48(39)46)44-31-16-14-28-41(44)52(42,36-22-9-3-10-23-36)37-24-11-4-12-25-37;1-42(2)31-20-10-12-23-34(31)47-37-28(19-13-21-32(37)42)29-24-25-35-36(38(29)47)30-18-9-11-22-33(30)46(35)41-44-39(26-14-5-3-6-15-26)43-40(45-41)27-16-7-4-8-17-27/h1-33H;3-25H,1-2H3. The number of benzene rings is 14. The Morgan fingerprint density at radius 2 is 0.538 bits per heavy atom. The topological polar surface area (TPSA) is 97.1 Å². The van der Waals surface area contributed by atoms with Crippen molar-refractivity contribution in [2.24, 2.45) is 0 Å². The third-order valence-electron chi connectivity index (χ3n) is 21.8. The molecule has 6 aromatic heterocycles. The van der Waals surface area contributed by atoms with Crippen LogP contribution >= 0.6 is 0 Å². The molecule has 0 N–H and O–H groups in total.